The number of hydrogen-bond donors (Lipinski definition) is 0. The minimum absolute atomic E-state index is 0.189. The van der Waals surface area contributed by atoms with Crippen molar-refractivity contribution in [3.63, 3.8) is 0 Å². The van der Waals surface area contributed by atoms with E-state index >= 15 is 0 Å². The standard InChI is InChI=1S/C22H17ClN2OS/c1-25-20-17(23)13-8-14-18(20)27-22(25)24-21(26)19(15-9-4-2-5-10-15)16-11-6-3-7-12-16/h2-14,19H,1H3. The maximum Gasteiger partial charge on any atom is 0.260 e. The average molecular weight is 393 g/mol. The Balaban J connectivity index is 1.85. The molecule has 0 N–H and O–H groups in total. The molecule has 0 aliphatic rings. The molecular weight excluding hydrogens is 376 g/mol. The number of para-hydroxylation sites is 1. The first-order chi connectivity index (χ1) is 13.1. The quantitative estimate of drug-likeness (QED) is 0.474. The molecule has 0 saturated carbocycles. The summed E-state index contributed by atoms with van der Waals surface area (Å²) in [5.41, 5.74) is 2.75. The molecule has 4 aromatic rings. The van der Waals surface area contributed by atoms with Crippen LogP contribution in [0.25, 0.3) is 10.2 Å². The first-order valence-electron chi connectivity index (χ1n) is 8.57. The molecule has 1 aromatic heterocycles. The van der Waals surface area contributed by atoms with Gasteiger partial charge in [0.15, 0.2) is 4.80 Å². The van der Waals surface area contributed by atoms with Crippen LogP contribution in [0.4, 0.5) is 0 Å². The fraction of sp³-hybridized carbons (Fsp3) is 0.0909. The topological polar surface area (TPSA) is 34.4 Å². The number of hydrogen-bond acceptors (Lipinski definition) is 2. The first-order valence-corrected chi connectivity index (χ1v) is 9.77. The fourth-order valence-corrected chi connectivity index (χ4v) is 4.60. The lowest BCUT2D eigenvalue weighted by Crippen LogP contribution is -2.18. The Bertz CT molecular complexity index is 1120. The van der Waals surface area contributed by atoms with E-state index in [1.54, 1.807) is 0 Å². The van der Waals surface area contributed by atoms with E-state index in [0.717, 1.165) is 21.3 Å². The molecule has 3 aromatic carbocycles. The molecule has 1 amide bonds. The third kappa shape index (κ3) is 3.46. The van der Waals surface area contributed by atoms with Gasteiger partial charge in [0.25, 0.3) is 5.91 Å². The highest BCUT2D eigenvalue weighted by Gasteiger charge is 2.22. The number of aromatic nitrogens is 1. The average Bonchev–Trinajstić information content (AvgIpc) is 3.00. The van der Waals surface area contributed by atoms with Crippen LogP contribution < -0.4 is 4.80 Å². The summed E-state index contributed by atoms with van der Waals surface area (Å²) >= 11 is 7.79. The molecule has 3 nitrogen and oxygen atoms in total. The van der Waals surface area contributed by atoms with Gasteiger partial charge in [-0.2, -0.15) is 4.99 Å². The van der Waals surface area contributed by atoms with Gasteiger partial charge in [0.1, 0.15) is 0 Å². The minimum atomic E-state index is -0.437. The maximum absolute atomic E-state index is 13.2. The van der Waals surface area contributed by atoms with Crippen LogP contribution >= 0.6 is 22.9 Å². The Labute approximate surface area is 166 Å². The number of amides is 1. The summed E-state index contributed by atoms with van der Waals surface area (Å²) < 4.78 is 2.89. The zero-order valence-electron chi connectivity index (χ0n) is 14.7. The van der Waals surface area contributed by atoms with Crippen LogP contribution in [0.5, 0.6) is 0 Å². The van der Waals surface area contributed by atoms with Crippen molar-refractivity contribution in [3.8, 4) is 0 Å². The second kappa shape index (κ2) is 7.51. The lowest BCUT2D eigenvalue weighted by atomic mass is 9.91. The van der Waals surface area contributed by atoms with Gasteiger partial charge in [-0.3, -0.25) is 4.79 Å². The highest BCUT2D eigenvalue weighted by atomic mass is 35.5. The van der Waals surface area contributed by atoms with Crippen LogP contribution in [0.2, 0.25) is 5.02 Å². The third-order valence-corrected chi connectivity index (χ3v) is 5.89. The number of aryl methyl sites for hydroxylation is 1. The monoisotopic (exact) mass is 392 g/mol. The predicted octanol–water partition coefficient (Wildman–Crippen LogP) is 5.15. The van der Waals surface area contributed by atoms with E-state index in [2.05, 4.69) is 4.99 Å². The molecule has 0 spiro atoms. The summed E-state index contributed by atoms with van der Waals surface area (Å²) in [5.74, 6) is -0.626. The lowest BCUT2D eigenvalue weighted by Gasteiger charge is -2.14. The number of halogens is 1. The van der Waals surface area contributed by atoms with Crippen LogP contribution in [-0.4, -0.2) is 10.5 Å². The SMILES string of the molecule is Cn1c(=NC(=O)C(c2ccccc2)c2ccccc2)sc2cccc(Cl)c21. The number of fused-ring (bicyclic) bond motifs is 1. The van der Waals surface area contributed by atoms with Crippen molar-refractivity contribution in [2.24, 2.45) is 12.0 Å². The van der Waals surface area contributed by atoms with E-state index in [-0.39, 0.29) is 5.91 Å². The number of rotatable bonds is 3. The Morgan fingerprint density at radius 2 is 1.52 bits per heavy atom. The summed E-state index contributed by atoms with van der Waals surface area (Å²) in [6, 6.07) is 25.3. The Morgan fingerprint density at radius 3 is 2.07 bits per heavy atom. The van der Waals surface area contributed by atoms with Crippen LogP contribution in [0, 0.1) is 0 Å². The molecule has 0 radical (unpaired) electrons. The van der Waals surface area contributed by atoms with Gasteiger partial charge in [-0.25, -0.2) is 0 Å². The second-order valence-corrected chi connectivity index (χ2v) is 7.65. The molecule has 0 atom stereocenters. The minimum Gasteiger partial charge on any atom is -0.318 e. The Kier molecular flexibility index (Phi) is 4.92. The normalized spacial score (nSPS) is 12.0. The maximum atomic E-state index is 13.2. The molecule has 0 bridgehead atoms. The third-order valence-electron chi connectivity index (χ3n) is 4.49. The van der Waals surface area contributed by atoms with Gasteiger partial charge in [-0.15, -0.1) is 0 Å². The van der Waals surface area contributed by atoms with Crippen molar-refractivity contribution < 1.29 is 4.79 Å². The Morgan fingerprint density at radius 1 is 0.926 bits per heavy atom. The zero-order valence-corrected chi connectivity index (χ0v) is 16.2. The number of thiazole rings is 1. The number of nitrogens with zero attached hydrogens (tertiary/aromatic N) is 2. The van der Waals surface area contributed by atoms with E-state index in [0.29, 0.717) is 9.82 Å². The van der Waals surface area contributed by atoms with Crippen LogP contribution in [0.3, 0.4) is 0 Å². The highest BCUT2D eigenvalue weighted by Crippen LogP contribution is 2.27. The number of carbonyl (C=O) groups is 1. The van der Waals surface area contributed by atoms with E-state index in [1.807, 2.05) is 90.5 Å². The van der Waals surface area contributed by atoms with Gasteiger partial charge >= 0.3 is 0 Å². The van der Waals surface area contributed by atoms with Crippen LogP contribution in [0.15, 0.2) is 83.9 Å². The van der Waals surface area contributed by atoms with Gasteiger partial charge in [-0.05, 0) is 23.3 Å². The molecule has 0 aliphatic carbocycles. The number of benzene rings is 3. The van der Waals surface area contributed by atoms with Crippen molar-refractivity contribution in [1.82, 2.24) is 4.57 Å². The zero-order chi connectivity index (χ0) is 18.8. The van der Waals surface area contributed by atoms with E-state index in [4.69, 9.17) is 11.6 Å². The summed E-state index contributed by atoms with van der Waals surface area (Å²) in [6.45, 7) is 0. The molecule has 134 valence electrons. The van der Waals surface area contributed by atoms with Gasteiger partial charge < -0.3 is 4.57 Å². The molecular formula is C22H17ClN2OS. The molecule has 5 heteroatoms. The largest absolute Gasteiger partial charge is 0.318 e. The molecule has 27 heavy (non-hydrogen) atoms. The molecule has 4 rings (SSSR count). The lowest BCUT2D eigenvalue weighted by molar-refractivity contribution is -0.118. The smallest absolute Gasteiger partial charge is 0.260 e. The second-order valence-electron chi connectivity index (χ2n) is 6.23. The summed E-state index contributed by atoms with van der Waals surface area (Å²) in [7, 11) is 1.89. The van der Waals surface area contributed by atoms with Crippen molar-refractivity contribution in [2.45, 2.75) is 5.92 Å². The highest BCUT2D eigenvalue weighted by molar-refractivity contribution is 7.16. The van der Waals surface area contributed by atoms with Crippen molar-refractivity contribution >= 4 is 39.1 Å². The molecule has 0 aliphatic heterocycles. The molecule has 0 saturated heterocycles. The predicted molar refractivity (Wildman–Crippen MR) is 111 cm³/mol. The number of carbonyl (C=O) groups excluding carboxylic acids is 1. The van der Waals surface area contributed by atoms with E-state index in [9.17, 15) is 4.79 Å². The summed E-state index contributed by atoms with van der Waals surface area (Å²) in [5, 5.41) is 0.655. The molecule has 0 unspecified atom stereocenters. The Hall–Kier alpha value is -2.69. The van der Waals surface area contributed by atoms with Crippen molar-refractivity contribution in [3.05, 3.63) is 99.8 Å². The summed E-state index contributed by atoms with van der Waals surface area (Å²) in [4.78, 5) is 18.3. The fourth-order valence-electron chi connectivity index (χ4n) is 3.19. The van der Waals surface area contributed by atoms with E-state index < -0.39 is 5.92 Å². The summed E-state index contributed by atoms with van der Waals surface area (Å²) in [6.07, 6.45) is 0. The molecule has 0 fully saturated rings. The van der Waals surface area contributed by atoms with Gasteiger partial charge in [0.2, 0.25) is 0 Å². The van der Waals surface area contributed by atoms with Crippen LogP contribution in [-0.2, 0) is 11.8 Å². The van der Waals surface area contributed by atoms with Crippen molar-refractivity contribution in [2.75, 3.05) is 0 Å². The van der Waals surface area contributed by atoms with Crippen molar-refractivity contribution in [1.29, 1.82) is 0 Å². The van der Waals surface area contributed by atoms with Crippen LogP contribution in [0.1, 0.15) is 17.0 Å². The van der Waals surface area contributed by atoms with Gasteiger partial charge in [0, 0.05) is 7.05 Å². The van der Waals surface area contributed by atoms with Gasteiger partial charge in [-0.1, -0.05) is 89.7 Å². The molecule has 1 heterocycles. The van der Waals surface area contributed by atoms with E-state index in [1.165, 1.54) is 11.3 Å². The van der Waals surface area contributed by atoms with Gasteiger partial charge in [0.05, 0.1) is 21.2 Å². The first kappa shape index (κ1) is 17.7.